The molecule has 4 heteroatoms. The minimum Gasteiger partial charge on any atom is -0.506 e. The maximum Gasteiger partial charge on any atom is 0.141 e. The van der Waals surface area contributed by atoms with E-state index in [-0.39, 0.29) is 5.75 Å². The summed E-state index contributed by atoms with van der Waals surface area (Å²) in [5, 5.41) is 17.6. The zero-order chi connectivity index (χ0) is 11.1. The number of aryl methyl sites for hydroxylation is 1. The molecule has 2 aromatic rings. The third kappa shape index (κ3) is 1.23. The van der Waals surface area contributed by atoms with Crippen LogP contribution in [-0.4, -0.2) is 14.9 Å². The number of nitrogens with zero attached hydrogens (tertiary/aromatic N) is 2. The van der Waals surface area contributed by atoms with Gasteiger partial charge in [0.1, 0.15) is 11.4 Å². The molecule has 0 atom stereocenters. The summed E-state index contributed by atoms with van der Waals surface area (Å²) in [5.74, 6) is 0.264. The van der Waals surface area contributed by atoms with Gasteiger partial charge in [0.15, 0.2) is 0 Å². The van der Waals surface area contributed by atoms with Crippen LogP contribution in [0.1, 0.15) is 17.0 Å². The molecule has 1 aromatic heterocycles. The van der Waals surface area contributed by atoms with Gasteiger partial charge in [-0.3, -0.25) is 0 Å². The van der Waals surface area contributed by atoms with Gasteiger partial charge >= 0.3 is 0 Å². The molecule has 3 rings (SSSR count). The van der Waals surface area contributed by atoms with Crippen LogP contribution in [0.2, 0.25) is 0 Å². The highest BCUT2D eigenvalue weighted by Crippen LogP contribution is 2.26. The summed E-state index contributed by atoms with van der Waals surface area (Å²) in [6, 6.07) is 7.27. The van der Waals surface area contributed by atoms with Gasteiger partial charge in [-0.25, -0.2) is 4.68 Å². The number of phenolic OH excluding ortho intramolecular Hbond substituents is 1. The average Bonchev–Trinajstić information content (AvgIpc) is 2.84. The second kappa shape index (κ2) is 3.35. The first-order chi connectivity index (χ1) is 7.77. The normalized spacial score (nSPS) is 14.1. The van der Waals surface area contributed by atoms with Crippen molar-refractivity contribution in [1.29, 1.82) is 0 Å². The van der Waals surface area contributed by atoms with Crippen molar-refractivity contribution in [3.05, 3.63) is 41.2 Å². The molecule has 16 heavy (non-hydrogen) atoms. The molecule has 1 aromatic carbocycles. The molecule has 0 saturated heterocycles. The quantitative estimate of drug-likeness (QED) is 0.757. The van der Waals surface area contributed by atoms with Crippen molar-refractivity contribution >= 4 is 0 Å². The van der Waals surface area contributed by atoms with Gasteiger partial charge in [-0.15, -0.1) is 0 Å². The molecule has 0 unspecified atom stereocenters. The number of para-hydroxylation sites is 2. The number of hydrogen-bond acceptors (Lipinski definition) is 3. The maximum atomic E-state index is 9.82. The molecule has 1 aliphatic heterocycles. The fraction of sp³-hybridized carbons (Fsp3) is 0.250. The van der Waals surface area contributed by atoms with Gasteiger partial charge in [0.25, 0.3) is 0 Å². The molecule has 0 bridgehead atoms. The second-order valence-electron chi connectivity index (χ2n) is 4.01. The Balaban J connectivity index is 2.21. The number of phenols is 1. The largest absolute Gasteiger partial charge is 0.506 e. The van der Waals surface area contributed by atoms with Crippen molar-refractivity contribution in [3.8, 4) is 11.4 Å². The van der Waals surface area contributed by atoms with Gasteiger partial charge in [-0.1, -0.05) is 12.1 Å². The van der Waals surface area contributed by atoms with E-state index < -0.39 is 0 Å². The lowest BCUT2D eigenvalue weighted by Crippen LogP contribution is -2.08. The highest BCUT2D eigenvalue weighted by atomic mass is 16.3. The van der Waals surface area contributed by atoms with Crippen LogP contribution in [-0.2, 0) is 13.1 Å². The molecular weight excluding hydrogens is 202 g/mol. The zero-order valence-corrected chi connectivity index (χ0v) is 9.07. The predicted molar refractivity (Wildman–Crippen MR) is 60.5 cm³/mol. The molecule has 0 aliphatic carbocycles. The Labute approximate surface area is 93.5 Å². The first kappa shape index (κ1) is 9.42. The van der Waals surface area contributed by atoms with Crippen molar-refractivity contribution in [2.24, 2.45) is 0 Å². The van der Waals surface area contributed by atoms with Crippen molar-refractivity contribution in [2.75, 3.05) is 0 Å². The highest BCUT2D eigenvalue weighted by Gasteiger charge is 2.21. The van der Waals surface area contributed by atoms with Crippen LogP contribution in [0, 0.1) is 6.92 Å². The van der Waals surface area contributed by atoms with Crippen LogP contribution in [0.25, 0.3) is 5.69 Å². The van der Waals surface area contributed by atoms with Gasteiger partial charge in [0, 0.05) is 18.7 Å². The molecular formula is C12H13N3O. The Hall–Kier alpha value is -1.81. The Morgan fingerprint density at radius 2 is 2.12 bits per heavy atom. The highest BCUT2D eigenvalue weighted by molar-refractivity contribution is 5.48. The molecule has 0 amide bonds. The zero-order valence-electron chi connectivity index (χ0n) is 9.07. The minimum absolute atomic E-state index is 0.264. The summed E-state index contributed by atoms with van der Waals surface area (Å²) in [7, 11) is 0. The van der Waals surface area contributed by atoms with Crippen LogP contribution in [0.4, 0.5) is 0 Å². The molecule has 2 heterocycles. The summed E-state index contributed by atoms with van der Waals surface area (Å²) in [6.07, 6.45) is 0. The lowest BCUT2D eigenvalue weighted by Gasteiger charge is -2.07. The first-order valence-electron chi connectivity index (χ1n) is 5.34. The Morgan fingerprint density at radius 1 is 1.31 bits per heavy atom. The van der Waals surface area contributed by atoms with Crippen LogP contribution >= 0.6 is 0 Å². The predicted octanol–water partition coefficient (Wildman–Crippen LogP) is 1.49. The Bertz CT molecular complexity index is 545. The summed E-state index contributed by atoms with van der Waals surface area (Å²) in [4.78, 5) is 0. The third-order valence-corrected chi connectivity index (χ3v) is 2.99. The summed E-state index contributed by atoms with van der Waals surface area (Å²) in [6.45, 7) is 3.68. The third-order valence-electron chi connectivity index (χ3n) is 2.99. The van der Waals surface area contributed by atoms with Crippen molar-refractivity contribution in [3.63, 3.8) is 0 Å². The van der Waals surface area contributed by atoms with Crippen LogP contribution in [0.15, 0.2) is 24.3 Å². The van der Waals surface area contributed by atoms with E-state index in [4.69, 9.17) is 0 Å². The summed E-state index contributed by atoms with van der Waals surface area (Å²) in [5.41, 5.74) is 4.18. The molecule has 0 spiro atoms. The smallest absolute Gasteiger partial charge is 0.141 e. The van der Waals surface area contributed by atoms with E-state index in [0.29, 0.717) is 0 Å². The van der Waals surface area contributed by atoms with E-state index in [1.807, 2.05) is 29.8 Å². The molecule has 2 N–H and O–H groups in total. The number of hydrogen-bond donors (Lipinski definition) is 2. The van der Waals surface area contributed by atoms with E-state index in [1.165, 1.54) is 5.56 Å². The summed E-state index contributed by atoms with van der Waals surface area (Å²) < 4.78 is 1.83. The van der Waals surface area contributed by atoms with Crippen LogP contribution in [0.3, 0.4) is 0 Å². The van der Waals surface area contributed by atoms with Crippen molar-refractivity contribution in [2.45, 2.75) is 20.0 Å². The summed E-state index contributed by atoms with van der Waals surface area (Å²) >= 11 is 0. The van der Waals surface area contributed by atoms with E-state index in [1.54, 1.807) is 6.07 Å². The number of rotatable bonds is 1. The van der Waals surface area contributed by atoms with Gasteiger partial charge in [-0.05, 0) is 19.1 Å². The van der Waals surface area contributed by atoms with Gasteiger partial charge in [0.2, 0.25) is 0 Å². The Kier molecular flexibility index (Phi) is 1.97. The monoisotopic (exact) mass is 215 g/mol. The van der Waals surface area contributed by atoms with Gasteiger partial charge in [0.05, 0.1) is 11.4 Å². The minimum atomic E-state index is 0.264. The van der Waals surface area contributed by atoms with Gasteiger partial charge in [-0.2, -0.15) is 5.10 Å². The van der Waals surface area contributed by atoms with E-state index in [0.717, 1.165) is 30.2 Å². The number of aromatic hydroxyl groups is 1. The maximum absolute atomic E-state index is 9.82. The molecule has 0 fully saturated rings. The molecule has 0 radical (unpaired) electrons. The van der Waals surface area contributed by atoms with Gasteiger partial charge < -0.3 is 10.4 Å². The number of aromatic nitrogens is 2. The molecule has 0 saturated carbocycles. The van der Waals surface area contributed by atoms with E-state index in [2.05, 4.69) is 10.4 Å². The SMILES string of the molecule is Cc1nn(-c2ccccc2O)c2c1CNC2. The first-order valence-corrected chi connectivity index (χ1v) is 5.34. The van der Waals surface area contributed by atoms with Crippen LogP contribution < -0.4 is 5.32 Å². The topological polar surface area (TPSA) is 50.1 Å². The second-order valence-corrected chi connectivity index (χ2v) is 4.01. The van der Waals surface area contributed by atoms with E-state index in [9.17, 15) is 5.11 Å². The molecule has 1 aliphatic rings. The molecule has 4 nitrogen and oxygen atoms in total. The standard InChI is InChI=1S/C12H13N3O/c1-8-9-6-13-7-11(9)15(14-8)10-4-2-3-5-12(10)16/h2-5,13,16H,6-7H2,1H3. The lowest BCUT2D eigenvalue weighted by atomic mass is 10.2. The Morgan fingerprint density at radius 3 is 2.94 bits per heavy atom. The van der Waals surface area contributed by atoms with E-state index >= 15 is 0 Å². The number of nitrogens with one attached hydrogen (secondary N) is 1. The van der Waals surface area contributed by atoms with Crippen LogP contribution in [0.5, 0.6) is 5.75 Å². The fourth-order valence-electron chi connectivity index (χ4n) is 2.17. The number of benzene rings is 1. The fourth-order valence-corrected chi connectivity index (χ4v) is 2.17. The van der Waals surface area contributed by atoms with Crippen molar-refractivity contribution in [1.82, 2.24) is 15.1 Å². The molecule has 82 valence electrons. The van der Waals surface area contributed by atoms with Crippen molar-refractivity contribution < 1.29 is 5.11 Å². The average molecular weight is 215 g/mol. The number of fused-ring (bicyclic) bond motifs is 1. The lowest BCUT2D eigenvalue weighted by molar-refractivity contribution is 0.469.